The number of carbonyl (C=O) groups is 1. The fourth-order valence-corrected chi connectivity index (χ4v) is 4.29. The minimum absolute atomic E-state index is 0.159. The molecular formula is C18H19Cl3N2O3S. The molecule has 2 aromatic rings. The lowest BCUT2D eigenvalue weighted by atomic mass is 10.1. The Hall–Kier alpha value is -1.47. The molecule has 0 fully saturated rings. The molecule has 0 aliphatic rings. The van der Waals surface area contributed by atoms with Crippen molar-refractivity contribution in [2.45, 2.75) is 19.4 Å². The van der Waals surface area contributed by atoms with Crippen LogP contribution in [0.3, 0.4) is 0 Å². The Morgan fingerprint density at radius 2 is 1.67 bits per heavy atom. The number of carbonyl (C=O) groups excluding carboxylic acids is 1. The van der Waals surface area contributed by atoms with Crippen LogP contribution in [0, 0.1) is 0 Å². The van der Waals surface area contributed by atoms with Gasteiger partial charge in [-0.2, -0.15) is 0 Å². The Bertz CT molecular complexity index is 918. The summed E-state index contributed by atoms with van der Waals surface area (Å²) >= 11 is 17.9. The van der Waals surface area contributed by atoms with Crippen LogP contribution in [0.4, 0.5) is 5.69 Å². The topological polar surface area (TPSA) is 66.5 Å². The maximum atomic E-state index is 12.5. The summed E-state index contributed by atoms with van der Waals surface area (Å²) < 4.78 is 25.6. The smallest absolute Gasteiger partial charge is 0.243 e. The maximum Gasteiger partial charge on any atom is 0.243 e. The SMILES string of the molecule is C[C@H](C(=O)NCCc1ccc(Cl)cc1)N(c1cc(Cl)ccc1Cl)S(C)(=O)=O. The van der Waals surface area contributed by atoms with Crippen molar-refractivity contribution in [2.75, 3.05) is 17.1 Å². The van der Waals surface area contributed by atoms with Crippen LogP contribution in [-0.4, -0.2) is 33.2 Å². The number of benzene rings is 2. The average molecular weight is 450 g/mol. The van der Waals surface area contributed by atoms with E-state index in [1.165, 1.54) is 19.1 Å². The van der Waals surface area contributed by atoms with E-state index in [2.05, 4.69) is 5.32 Å². The second-order valence-corrected chi connectivity index (χ2v) is 9.14. The van der Waals surface area contributed by atoms with Crippen LogP contribution in [0.1, 0.15) is 12.5 Å². The predicted molar refractivity (Wildman–Crippen MR) is 111 cm³/mol. The van der Waals surface area contributed by atoms with Gasteiger partial charge in [-0.05, 0) is 49.2 Å². The summed E-state index contributed by atoms with van der Waals surface area (Å²) in [5.41, 5.74) is 1.16. The number of nitrogens with one attached hydrogen (secondary N) is 1. The van der Waals surface area contributed by atoms with E-state index in [1.54, 1.807) is 18.2 Å². The molecule has 1 amide bonds. The average Bonchev–Trinajstić information content (AvgIpc) is 2.58. The van der Waals surface area contributed by atoms with E-state index < -0.39 is 22.0 Å². The predicted octanol–water partition coefficient (Wildman–Crippen LogP) is 4.16. The van der Waals surface area contributed by atoms with Gasteiger partial charge in [-0.1, -0.05) is 46.9 Å². The zero-order valence-corrected chi connectivity index (χ0v) is 17.8. The molecule has 0 aliphatic heterocycles. The maximum absolute atomic E-state index is 12.5. The molecule has 9 heteroatoms. The second-order valence-electron chi connectivity index (χ2n) is 6.00. The third-order valence-corrected chi connectivity index (χ3v) is 5.89. The summed E-state index contributed by atoms with van der Waals surface area (Å²) in [5.74, 6) is -0.439. The number of hydrogen-bond acceptors (Lipinski definition) is 3. The molecule has 0 radical (unpaired) electrons. The monoisotopic (exact) mass is 448 g/mol. The van der Waals surface area contributed by atoms with Gasteiger partial charge in [0.05, 0.1) is 17.0 Å². The molecule has 1 atom stereocenters. The zero-order valence-electron chi connectivity index (χ0n) is 14.7. The van der Waals surface area contributed by atoms with Crippen molar-refractivity contribution in [2.24, 2.45) is 0 Å². The molecule has 0 aromatic heterocycles. The Morgan fingerprint density at radius 1 is 1.07 bits per heavy atom. The second kappa shape index (κ2) is 9.15. The molecule has 146 valence electrons. The number of anilines is 1. The van der Waals surface area contributed by atoms with E-state index in [-0.39, 0.29) is 10.7 Å². The first-order valence-electron chi connectivity index (χ1n) is 8.06. The number of halogens is 3. The van der Waals surface area contributed by atoms with E-state index in [0.29, 0.717) is 23.0 Å². The van der Waals surface area contributed by atoms with Gasteiger partial charge in [0.15, 0.2) is 0 Å². The first-order chi connectivity index (χ1) is 12.6. The van der Waals surface area contributed by atoms with Crippen molar-refractivity contribution < 1.29 is 13.2 Å². The highest BCUT2D eigenvalue weighted by Crippen LogP contribution is 2.32. The molecule has 0 spiro atoms. The van der Waals surface area contributed by atoms with Crippen molar-refractivity contribution in [3.8, 4) is 0 Å². The third-order valence-electron chi connectivity index (χ3n) is 3.86. The lowest BCUT2D eigenvalue weighted by Crippen LogP contribution is -2.48. The molecular weight excluding hydrogens is 431 g/mol. The van der Waals surface area contributed by atoms with E-state index in [9.17, 15) is 13.2 Å². The van der Waals surface area contributed by atoms with Crippen LogP contribution in [-0.2, 0) is 21.2 Å². The summed E-state index contributed by atoms with van der Waals surface area (Å²) in [4.78, 5) is 12.5. The van der Waals surface area contributed by atoms with Gasteiger partial charge >= 0.3 is 0 Å². The summed E-state index contributed by atoms with van der Waals surface area (Å²) in [5, 5.41) is 3.89. The molecule has 1 N–H and O–H groups in total. The van der Waals surface area contributed by atoms with Crippen LogP contribution in [0.5, 0.6) is 0 Å². The molecule has 2 aromatic carbocycles. The third kappa shape index (κ3) is 6.01. The van der Waals surface area contributed by atoms with Crippen LogP contribution in [0.15, 0.2) is 42.5 Å². The zero-order chi connectivity index (χ0) is 20.2. The summed E-state index contributed by atoms with van der Waals surface area (Å²) in [6.07, 6.45) is 1.61. The van der Waals surface area contributed by atoms with Crippen molar-refractivity contribution >= 4 is 56.4 Å². The van der Waals surface area contributed by atoms with Gasteiger partial charge in [-0.15, -0.1) is 0 Å². The molecule has 0 aliphatic carbocycles. The Balaban J connectivity index is 2.13. The van der Waals surface area contributed by atoms with Crippen molar-refractivity contribution in [3.05, 3.63) is 63.1 Å². The molecule has 0 unspecified atom stereocenters. The van der Waals surface area contributed by atoms with Crippen molar-refractivity contribution in [3.63, 3.8) is 0 Å². The lowest BCUT2D eigenvalue weighted by molar-refractivity contribution is -0.121. The minimum atomic E-state index is -3.77. The quantitative estimate of drug-likeness (QED) is 0.690. The van der Waals surface area contributed by atoms with Crippen LogP contribution in [0.2, 0.25) is 15.1 Å². The molecule has 0 heterocycles. The highest BCUT2D eigenvalue weighted by molar-refractivity contribution is 7.92. The van der Waals surface area contributed by atoms with Crippen LogP contribution >= 0.6 is 34.8 Å². The highest BCUT2D eigenvalue weighted by atomic mass is 35.5. The van der Waals surface area contributed by atoms with Gasteiger partial charge in [0, 0.05) is 16.6 Å². The Labute approximate surface area is 174 Å². The molecule has 0 bridgehead atoms. The standard InChI is InChI=1S/C18H19Cl3N2O3S/c1-12(18(24)22-10-9-13-3-5-14(19)6-4-13)23(27(2,25)26)17-11-15(20)7-8-16(17)21/h3-8,11-12H,9-10H2,1-2H3,(H,22,24)/t12-/m1/s1. The van der Waals surface area contributed by atoms with E-state index >= 15 is 0 Å². The van der Waals surface area contributed by atoms with E-state index in [4.69, 9.17) is 34.8 Å². The van der Waals surface area contributed by atoms with Gasteiger partial charge in [0.25, 0.3) is 0 Å². The van der Waals surface area contributed by atoms with Gasteiger partial charge < -0.3 is 5.32 Å². The first-order valence-corrected chi connectivity index (χ1v) is 11.0. The van der Waals surface area contributed by atoms with E-state index in [0.717, 1.165) is 16.1 Å². The Morgan fingerprint density at radius 3 is 2.26 bits per heavy atom. The Kier molecular flexibility index (Phi) is 7.40. The molecule has 0 saturated carbocycles. The molecule has 5 nitrogen and oxygen atoms in total. The van der Waals surface area contributed by atoms with Gasteiger partial charge in [-0.25, -0.2) is 8.42 Å². The van der Waals surface area contributed by atoms with Crippen molar-refractivity contribution in [1.29, 1.82) is 0 Å². The van der Waals surface area contributed by atoms with Crippen LogP contribution in [0.25, 0.3) is 0 Å². The lowest BCUT2D eigenvalue weighted by Gasteiger charge is -2.29. The van der Waals surface area contributed by atoms with Gasteiger partial charge in [0.1, 0.15) is 6.04 Å². The largest absolute Gasteiger partial charge is 0.354 e. The molecule has 2 rings (SSSR count). The van der Waals surface area contributed by atoms with Gasteiger partial charge in [0.2, 0.25) is 15.9 Å². The summed E-state index contributed by atoms with van der Waals surface area (Å²) in [6, 6.07) is 10.7. The molecule has 27 heavy (non-hydrogen) atoms. The minimum Gasteiger partial charge on any atom is -0.354 e. The number of hydrogen-bond donors (Lipinski definition) is 1. The van der Waals surface area contributed by atoms with E-state index in [1.807, 2.05) is 12.1 Å². The number of rotatable bonds is 7. The number of amides is 1. The fraction of sp³-hybridized carbons (Fsp3) is 0.278. The number of sulfonamides is 1. The molecule has 0 saturated heterocycles. The first kappa shape index (κ1) is 21.8. The fourth-order valence-electron chi connectivity index (χ4n) is 2.56. The number of nitrogens with zero attached hydrogens (tertiary/aromatic N) is 1. The summed E-state index contributed by atoms with van der Waals surface area (Å²) in [7, 11) is -3.77. The highest BCUT2D eigenvalue weighted by Gasteiger charge is 2.30. The van der Waals surface area contributed by atoms with Crippen molar-refractivity contribution in [1.82, 2.24) is 5.32 Å². The van der Waals surface area contributed by atoms with Crippen LogP contribution < -0.4 is 9.62 Å². The normalized spacial score (nSPS) is 12.5. The summed E-state index contributed by atoms with van der Waals surface area (Å²) in [6.45, 7) is 1.85. The van der Waals surface area contributed by atoms with Gasteiger partial charge in [-0.3, -0.25) is 9.10 Å².